The van der Waals surface area contributed by atoms with Gasteiger partial charge in [-0.1, -0.05) is 18.2 Å². The van der Waals surface area contributed by atoms with E-state index in [2.05, 4.69) is 0 Å². The van der Waals surface area contributed by atoms with Crippen LogP contribution in [-0.4, -0.2) is 0 Å². The van der Waals surface area contributed by atoms with Crippen LogP contribution in [0.15, 0.2) is 35.2 Å². The smallest absolute Gasteiger partial charge is 0.00876 e. The topological polar surface area (TPSA) is 0 Å². The summed E-state index contributed by atoms with van der Waals surface area (Å²) in [6, 6.07) is 10.0. The van der Waals surface area contributed by atoms with E-state index in [4.69, 9.17) is 11.2 Å². The molecule has 0 nitrogen and oxygen atoms in total. The normalized spacial score (nSPS) is 9.00. The van der Waals surface area contributed by atoms with E-state index in [0.717, 1.165) is 10.3 Å². The summed E-state index contributed by atoms with van der Waals surface area (Å²) in [6.45, 7) is 0. The molecular formula is C6H6S2. The van der Waals surface area contributed by atoms with Gasteiger partial charge in [-0.2, -0.15) is 0 Å². The fourth-order valence-electron chi connectivity index (χ4n) is 0.489. The van der Waals surface area contributed by atoms with Gasteiger partial charge in [0.1, 0.15) is 0 Å². The summed E-state index contributed by atoms with van der Waals surface area (Å²) < 4.78 is 0. The molecule has 0 aliphatic heterocycles. The zero-order valence-electron chi connectivity index (χ0n) is 4.24. The Morgan fingerprint density at radius 1 is 1.12 bits per heavy atom. The van der Waals surface area contributed by atoms with Crippen molar-refractivity contribution in [1.82, 2.24) is 0 Å². The molecule has 0 fully saturated rings. The van der Waals surface area contributed by atoms with Crippen molar-refractivity contribution < 1.29 is 0 Å². The average Bonchev–Trinajstić information content (AvgIpc) is 1.90. The highest BCUT2D eigenvalue weighted by atomic mass is 32.8. The molecule has 0 unspecified atom stereocenters. The van der Waals surface area contributed by atoms with Crippen molar-refractivity contribution in [3.8, 4) is 0 Å². The molecule has 0 heterocycles. The monoisotopic (exact) mass is 142 g/mol. The highest BCUT2D eigenvalue weighted by Gasteiger charge is 1.76. The van der Waals surface area contributed by atoms with Gasteiger partial charge in [-0.3, -0.25) is 0 Å². The molecule has 0 amide bonds. The van der Waals surface area contributed by atoms with Gasteiger partial charge in [-0.25, -0.2) is 0 Å². The van der Waals surface area contributed by atoms with Crippen LogP contribution in [0.1, 0.15) is 0 Å². The van der Waals surface area contributed by atoms with Crippen LogP contribution in [0.2, 0.25) is 0 Å². The molecule has 0 aromatic heterocycles. The first-order chi connectivity index (χ1) is 3.93. The number of hydrogen-bond donors (Lipinski definition) is 1. The quantitative estimate of drug-likeness (QED) is 0.577. The van der Waals surface area contributed by atoms with Gasteiger partial charge in [0.25, 0.3) is 0 Å². The van der Waals surface area contributed by atoms with E-state index in [1.54, 1.807) is 0 Å². The first-order valence-electron chi connectivity index (χ1n) is 2.32. The van der Waals surface area contributed by atoms with Crippen LogP contribution < -0.4 is 0 Å². The van der Waals surface area contributed by atoms with Crippen LogP contribution in [0.5, 0.6) is 0 Å². The second kappa shape index (κ2) is 2.95. The minimum absolute atomic E-state index is 0.933. The fourth-order valence-corrected chi connectivity index (χ4v) is 1.15. The Balaban J connectivity index is 2.99. The first kappa shape index (κ1) is 5.92. The molecule has 8 heavy (non-hydrogen) atoms. The zero-order valence-corrected chi connectivity index (χ0v) is 5.95. The molecule has 0 aliphatic rings. The summed E-state index contributed by atoms with van der Waals surface area (Å²) in [6.07, 6.45) is 0. The van der Waals surface area contributed by atoms with Gasteiger partial charge in [0.2, 0.25) is 0 Å². The SMILES string of the molecule is S=[SH]c1ccccc1. The second-order valence-electron chi connectivity index (χ2n) is 1.43. The molecule has 0 aliphatic carbocycles. The zero-order chi connectivity index (χ0) is 5.82. The lowest BCUT2D eigenvalue weighted by molar-refractivity contribution is 1.48. The molecule has 1 rings (SSSR count). The summed E-state index contributed by atoms with van der Waals surface area (Å²) in [7, 11) is 0.933. The molecular weight excluding hydrogens is 136 g/mol. The largest absolute Gasteiger partial charge is 0.104 e. The van der Waals surface area contributed by atoms with Gasteiger partial charge < -0.3 is 0 Å². The highest BCUT2D eigenvalue weighted by Crippen LogP contribution is 1.95. The van der Waals surface area contributed by atoms with Crippen molar-refractivity contribution in [3.63, 3.8) is 0 Å². The second-order valence-corrected chi connectivity index (χ2v) is 2.67. The standard InChI is InChI=1S/C6H6S2/c7-8-6-4-2-1-3-5-6/h1-5,8H. The van der Waals surface area contributed by atoms with Crippen LogP contribution in [-0.2, 0) is 21.5 Å². The van der Waals surface area contributed by atoms with Crippen molar-refractivity contribution in [3.05, 3.63) is 30.3 Å². The van der Waals surface area contributed by atoms with Crippen molar-refractivity contribution in [2.45, 2.75) is 4.90 Å². The lowest BCUT2D eigenvalue weighted by atomic mass is 10.4. The number of thiol groups is 1. The third-order valence-corrected chi connectivity index (χ3v) is 2.00. The minimum Gasteiger partial charge on any atom is -0.104 e. The van der Waals surface area contributed by atoms with E-state index < -0.39 is 0 Å². The Bertz CT molecular complexity index is 169. The molecule has 1 aromatic carbocycles. The Morgan fingerprint density at radius 3 is 2.12 bits per heavy atom. The summed E-state index contributed by atoms with van der Waals surface area (Å²) in [4.78, 5) is 1.20. The van der Waals surface area contributed by atoms with Gasteiger partial charge in [-0.05, 0) is 23.3 Å². The van der Waals surface area contributed by atoms with Crippen molar-refractivity contribution in [1.29, 1.82) is 0 Å². The van der Waals surface area contributed by atoms with Crippen LogP contribution in [0.25, 0.3) is 0 Å². The molecule has 0 saturated heterocycles. The van der Waals surface area contributed by atoms with Crippen LogP contribution in [0.4, 0.5) is 0 Å². The molecule has 42 valence electrons. The molecule has 1 aromatic rings. The van der Waals surface area contributed by atoms with Crippen molar-refractivity contribution in [2.75, 3.05) is 0 Å². The maximum Gasteiger partial charge on any atom is 0.00876 e. The number of benzene rings is 1. The van der Waals surface area contributed by atoms with E-state index in [9.17, 15) is 0 Å². The van der Waals surface area contributed by atoms with E-state index in [0.29, 0.717) is 0 Å². The van der Waals surface area contributed by atoms with Crippen molar-refractivity contribution >= 4 is 21.5 Å². The van der Waals surface area contributed by atoms with Gasteiger partial charge in [-0.15, -0.1) is 10.3 Å². The number of rotatable bonds is 1. The third-order valence-electron chi connectivity index (χ3n) is 0.862. The Hall–Kier alpha value is -0.210. The van der Waals surface area contributed by atoms with E-state index in [1.165, 1.54) is 4.90 Å². The van der Waals surface area contributed by atoms with E-state index in [-0.39, 0.29) is 0 Å². The Kier molecular flexibility index (Phi) is 2.18. The molecule has 0 radical (unpaired) electrons. The summed E-state index contributed by atoms with van der Waals surface area (Å²) in [5.74, 6) is 0. The molecule has 0 N–H and O–H groups in total. The molecule has 0 saturated carbocycles. The molecule has 0 spiro atoms. The van der Waals surface area contributed by atoms with E-state index in [1.807, 2.05) is 30.3 Å². The summed E-state index contributed by atoms with van der Waals surface area (Å²) in [5, 5.41) is 0. The Labute approximate surface area is 57.2 Å². The predicted octanol–water partition coefficient (Wildman–Crippen LogP) is 1.32. The van der Waals surface area contributed by atoms with Gasteiger partial charge >= 0.3 is 0 Å². The average molecular weight is 142 g/mol. The van der Waals surface area contributed by atoms with E-state index >= 15 is 0 Å². The lowest BCUT2D eigenvalue weighted by Crippen LogP contribution is -1.66. The fraction of sp³-hybridized carbons (Fsp3) is 0. The Morgan fingerprint density at radius 2 is 1.75 bits per heavy atom. The van der Waals surface area contributed by atoms with Crippen LogP contribution in [0.3, 0.4) is 0 Å². The first-order valence-corrected chi connectivity index (χ1v) is 4.22. The third kappa shape index (κ3) is 1.39. The molecule has 2 heteroatoms. The maximum atomic E-state index is 4.79. The lowest BCUT2D eigenvalue weighted by Gasteiger charge is -1.84. The van der Waals surface area contributed by atoms with Crippen LogP contribution in [0, 0.1) is 0 Å². The predicted molar refractivity (Wildman–Crippen MR) is 40.8 cm³/mol. The van der Waals surface area contributed by atoms with Gasteiger partial charge in [0.05, 0.1) is 0 Å². The van der Waals surface area contributed by atoms with Gasteiger partial charge in [0, 0.05) is 4.90 Å². The van der Waals surface area contributed by atoms with Crippen LogP contribution >= 0.6 is 0 Å². The highest BCUT2D eigenvalue weighted by molar-refractivity contribution is 8.17. The summed E-state index contributed by atoms with van der Waals surface area (Å²) >= 11 is 4.79. The summed E-state index contributed by atoms with van der Waals surface area (Å²) in [5.41, 5.74) is 0. The number of hydrogen-bond acceptors (Lipinski definition) is 1. The molecule has 0 bridgehead atoms. The minimum atomic E-state index is 0.933. The van der Waals surface area contributed by atoms with Crippen molar-refractivity contribution in [2.24, 2.45) is 0 Å². The van der Waals surface area contributed by atoms with Gasteiger partial charge in [0.15, 0.2) is 0 Å². The maximum absolute atomic E-state index is 4.79. The molecule has 0 atom stereocenters.